The molecule has 0 spiro atoms. The second kappa shape index (κ2) is 7.52. The number of carbonyl (C=O) groups is 2. The molecule has 0 aliphatic rings. The summed E-state index contributed by atoms with van der Waals surface area (Å²) in [6, 6.07) is 14.3. The molecule has 0 bridgehead atoms. The second-order valence-corrected chi connectivity index (χ2v) is 5.84. The van der Waals surface area contributed by atoms with Gasteiger partial charge in [-0.05, 0) is 36.4 Å². The second-order valence-electron chi connectivity index (χ2n) is 5.84. The van der Waals surface area contributed by atoms with Crippen LogP contribution in [0.1, 0.15) is 0 Å². The molecule has 0 saturated heterocycles. The molecular formula is C19H19N5O2. The van der Waals surface area contributed by atoms with E-state index in [1.54, 1.807) is 24.4 Å². The predicted octanol–water partition coefficient (Wildman–Crippen LogP) is 3.51. The van der Waals surface area contributed by atoms with Gasteiger partial charge in [0.2, 0.25) is 6.41 Å². The molecule has 3 rings (SSSR count). The number of aromatic nitrogens is 1. The number of carbonyl (C=O) groups excluding carboxylic acids is 2. The predicted molar refractivity (Wildman–Crippen MR) is 105 cm³/mol. The van der Waals surface area contributed by atoms with Crippen LogP contribution in [0.5, 0.6) is 0 Å². The number of rotatable bonds is 5. The average Bonchev–Trinajstić information content (AvgIpc) is 2.63. The van der Waals surface area contributed by atoms with Crippen LogP contribution in [0.4, 0.5) is 27.5 Å². The third kappa shape index (κ3) is 3.72. The summed E-state index contributed by atoms with van der Waals surface area (Å²) in [5, 5.41) is 8.97. The molecule has 7 heteroatoms. The highest BCUT2D eigenvalue weighted by Gasteiger charge is 2.09. The summed E-state index contributed by atoms with van der Waals surface area (Å²) < 4.78 is 0. The molecule has 0 unspecified atom stereocenters. The number of amides is 3. The Morgan fingerprint density at radius 2 is 1.77 bits per heavy atom. The molecule has 0 radical (unpaired) electrons. The fraction of sp³-hybridized carbons (Fsp3) is 0.105. The molecule has 0 fully saturated rings. The van der Waals surface area contributed by atoms with E-state index >= 15 is 0 Å². The Bertz CT molecular complexity index is 938. The smallest absolute Gasteiger partial charge is 0.323 e. The van der Waals surface area contributed by atoms with E-state index in [4.69, 9.17) is 0 Å². The van der Waals surface area contributed by atoms with Gasteiger partial charge in [0.05, 0.1) is 16.9 Å². The van der Waals surface area contributed by atoms with Crippen molar-refractivity contribution in [3.05, 3.63) is 54.7 Å². The number of anilines is 4. The lowest BCUT2D eigenvalue weighted by atomic mass is 10.1. The Kier molecular flexibility index (Phi) is 4.98. The molecule has 3 amide bonds. The van der Waals surface area contributed by atoms with E-state index in [-0.39, 0.29) is 6.03 Å². The number of hydrogen-bond acceptors (Lipinski definition) is 4. The number of benzene rings is 2. The van der Waals surface area contributed by atoms with E-state index in [0.29, 0.717) is 29.0 Å². The zero-order valence-electron chi connectivity index (χ0n) is 14.5. The third-order valence-electron chi connectivity index (χ3n) is 3.88. The number of hydrogen-bond donors (Lipinski definition) is 3. The number of fused-ring (bicyclic) bond motifs is 1. The number of para-hydroxylation sites is 1. The summed E-state index contributed by atoms with van der Waals surface area (Å²) in [6.07, 6.45) is 2.18. The molecule has 0 aliphatic heterocycles. The molecular weight excluding hydrogens is 330 g/mol. The lowest BCUT2D eigenvalue weighted by Crippen LogP contribution is -2.19. The van der Waals surface area contributed by atoms with Crippen LogP contribution in [0.2, 0.25) is 0 Å². The van der Waals surface area contributed by atoms with Crippen molar-refractivity contribution in [1.82, 2.24) is 4.98 Å². The molecule has 0 aliphatic carbocycles. The van der Waals surface area contributed by atoms with Gasteiger partial charge in [-0.15, -0.1) is 0 Å². The summed E-state index contributed by atoms with van der Waals surface area (Å²) in [5.41, 5.74) is 3.53. The van der Waals surface area contributed by atoms with E-state index in [1.165, 1.54) is 0 Å². The lowest BCUT2D eigenvalue weighted by Gasteiger charge is -2.14. The van der Waals surface area contributed by atoms with Crippen LogP contribution in [0.15, 0.2) is 54.7 Å². The Hall–Kier alpha value is -3.61. The normalized spacial score (nSPS) is 10.2. The number of nitrogens with zero attached hydrogens (tertiary/aromatic N) is 2. The zero-order valence-corrected chi connectivity index (χ0v) is 14.5. The van der Waals surface area contributed by atoms with Crippen molar-refractivity contribution in [2.24, 2.45) is 0 Å². The van der Waals surface area contributed by atoms with Crippen molar-refractivity contribution in [2.45, 2.75) is 0 Å². The van der Waals surface area contributed by atoms with Gasteiger partial charge in [-0.1, -0.05) is 12.1 Å². The van der Waals surface area contributed by atoms with E-state index < -0.39 is 0 Å². The highest BCUT2D eigenvalue weighted by atomic mass is 16.2. The minimum atomic E-state index is -0.358. The Morgan fingerprint density at radius 3 is 2.46 bits per heavy atom. The fourth-order valence-corrected chi connectivity index (χ4v) is 2.59. The van der Waals surface area contributed by atoms with Gasteiger partial charge in [-0.2, -0.15) is 0 Å². The van der Waals surface area contributed by atoms with Gasteiger partial charge < -0.3 is 20.9 Å². The zero-order chi connectivity index (χ0) is 18.5. The third-order valence-corrected chi connectivity index (χ3v) is 3.88. The number of urea groups is 1. The SMILES string of the molecule is CN(C)c1ccc(NC(=O)Nc2ccnc3c(NC=O)cccc23)cc1. The van der Waals surface area contributed by atoms with Crippen molar-refractivity contribution in [1.29, 1.82) is 0 Å². The van der Waals surface area contributed by atoms with Crippen LogP contribution in [-0.2, 0) is 4.79 Å². The number of pyridine rings is 1. The van der Waals surface area contributed by atoms with Crippen molar-refractivity contribution >= 4 is 46.1 Å². The van der Waals surface area contributed by atoms with Gasteiger partial charge in [0.25, 0.3) is 0 Å². The highest BCUT2D eigenvalue weighted by Crippen LogP contribution is 2.27. The van der Waals surface area contributed by atoms with Gasteiger partial charge in [0.15, 0.2) is 0 Å². The van der Waals surface area contributed by atoms with Crippen LogP contribution in [0.3, 0.4) is 0 Å². The summed E-state index contributed by atoms with van der Waals surface area (Å²) in [7, 11) is 3.91. The first-order chi connectivity index (χ1) is 12.6. The molecule has 132 valence electrons. The molecule has 1 heterocycles. The van der Waals surface area contributed by atoms with E-state index in [9.17, 15) is 9.59 Å². The highest BCUT2D eigenvalue weighted by molar-refractivity contribution is 6.08. The number of nitrogens with one attached hydrogen (secondary N) is 3. The summed E-state index contributed by atoms with van der Waals surface area (Å²) in [5.74, 6) is 0. The maximum absolute atomic E-state index is 12.3. The van der Waals surface area contributed by atoms with Gasteiger partial charge in [-0.3, -0.25) is 9.78 Å². The molecule has 26 heavy (non-hydrogen) atoms. The van der Waals surface area contributed by atoms with Gasteiger partial charge in [-0.25, -0.2) is 4.79 Å². The Morgan fingerprint density at radius 1 is 1.00 bits per heavy atom. The minimum Gasteiger partial charge on any atom is -0.378 e. The van der Waals surface area contributed by atoms with Crippen LogP contribution in [-0.4, -0.2) is 31.5 Å². The summed E-state index contributed by atoms with van der Waals surface area (Å²) in [4.78, 5) is 29.3. The first kappa shape index (κ1) is 17.2. The van der Waals surface area contributed by atoms with Crippen molar-refractivity contribution in [2.75, 3.05) is 34.9 Å². The fourth-order valence-electron chi connectivity index (χ4n) is 2.59. The maximum Gasteiger partial charge on any atom is 0.323 e. The quantitative estimate of drug-likeness (QED) is 0.615. The largest absolute Gasteiger partial charge is 0.378 e. The molecule has 3 N–H and O–H groups in total. The van der Waals surface area contributed by atoms with Crippen molar-refractivity contribution in [3.8, 4) is 0 Å². The standard InChI is InChI=1S/C19H19N5O2/c1-24(2)14-8-6-13(7-9-14)22-19(26)23-16-10-11-20-18-15(16)4-3-5-17(18)21-12-25/h3-12H,1-2H3,(H,21,25)(H2,20,22,23,26). The molecule has 0 saturated carbocycles. The first-order valence-corrected chi connectivity index (χ1v) is 8.02. The van der Waals surface area contributed by atoms with Crippen LogP contribution < -0.4 is 20.9 Å². The van der Waals surface area contributed by atoms with Crippen molar-refractivity contribution < 1.29 is 9.59 Å². The minimum absolute atomic E-state index is 0.358. The Balaban J connectivity index is 1.79. The van der Waals surface area contributed by atoms with Crippen molar-refractivity contribution in [3.63, 3.8) is 0 Å². The average molecular weight is 349 g/mol. The van der Waals surface area contributed by atoms with Gasteiger partial charge >= 0.3 is 6.03 Å². The van der Waals surface area contributed by atoms with E-state index in [0.717, 1.165) is 11.1 Å². The maximum atomic E-state index is 12.3. The van der Waals surface area contributed by atoms with Crippen LogP contribution in [0.25, 0.3) is 10.9 Å². The molecule has 1 aromatic heterocycles. The van der Waals surface area contributed by atoms with Gasteiger partial charge in [0, 0.05) is 37.1 Å². The van der Waals surface area contributed by atoms with E-state index in [1.807, 2.05) is 49.3 Å². The van der Waals surface area contributed by atoms with E-state index in [2.05, 4.69) is 20.9 Å². The molecule has 2 aromatic carbocycles. The summed E-state index contributed by atoms with van der Waals surface area (Å²) >= 11 is 0. The first-order valence-electron chi connectivity index (χ1n) is 8.02. The van der Waals surface area contributed by atoms with Crippen LogP contribution >= 0.6 is 0 Å². The molecule has 3 aromatic rings. The Labute approximate surface area is 151 Å². The summed E-state index contributed by atoms with van der Waals surface area (Å²) in [6.45, 7) is 0. The molecule has 7 nitrogen and oxygen atoms in total. The monoisotopic (exact) mass is 349 g/mol. The topological polar surface area (TPSA) is 86.4 Å². The molecule has 0 atom stereocenters. The lowest BCUT2D eigenvalue weighted by molar-refractivity contribution is -0.105. The van der Waals surface area contributed by atoms with Gasteiger partial charge in [0.1, 0.15) is 0 Å². The van der Waals surface area contributed by atoms with Crippen LogP contribution in [0, 0.1) is 0 Å².